The number of nitrogens with one attached hydrogen (secondary N) is 3. The number of nitrogens with zero attached hydrogens (tertiary/aromatic N) is 1. The first-order valence-corrected chi connectivity index (χ1v) is 10.9. The zero-order valence-electron chi connectivity index (χ0n) is 17.2. The van der Waals surface area contributed by atoms with Crippen LogP contribution in [0.3, 0.4) is 0 Å². The van der Waals surface area contributed by atoms with Crippen LogP contribution in [-0.4, -0.2) is 55.7 Å². The van der Waals surface area contributed by atoms with Gasteiger partial charge >= 0.3 is 6.03 Å². The molecule has 0 aliphatic carbocycles. The molecule has 3 rings (SSSR count). The predicted molar refractivity (Wildman–Crippen MR) is 118 cm³/mol. The second kappa shape index (κ2) is 11.4. The first-order valence-electron chi connectivity index (χ1n) is 10.1. The lowest BCUT2D eigenvalue weighted by atomic mass is 10.2. The van der Waals surface area contributed by atoms with Crippen molar-refractivity contribution < 1.29 is 18.7 Å². The third kappa shape index (κ3) is 7.14. The Morgan fingerprint density at radius 2 is 2.00 bits per heavy atom. The Hall–Kier alpha value is -2.26. The lowest BCUT2D eigenvalue weighted by Crippen LogP contribution is -2.48. The molecule has 8 nitrogen and oxygen atoms in total. The third-order valence-corrected chi connectivity index (χ3v) is 5.52. The summed E-state index contributed by atoms with van der Waals surface area (Å²) in [5, 5.41) is 9.29. The zero-order chi connectivity index (χ0) is 22.2. The van der Waals surface area contributed by atoms with Gasteiger partial charge in [0, 0.05) is 32.7 Å². The predicted octanol–water partition coefficient (Wildman–Crippen LogP) is 3.04. The topological polar surface area (TPSA) is 95.8 Å². The number of rotatable bonds is 8. The highest BCUT2D eigenvalue weighted by Gasteiger charge is 2.21. The molecule has 0 unspecified atom stereocenters. The maximum absolute atomic E-state index is 12.1. The van der Waals surface area contributed by atoms with Crippen LogP contribution in [0.5, 0.6) is 0 Å². The molecule has 168 valence electrons. The van der Waals surface area contributed by atoms with Gasteiger partial charge in [0.25, 0.3) is 5.91 Å². The van der Waals surface area contributed by atoms with Crippen LogP contribution in [0.1, 0.15) is 28.6 Å². The summed E-state index contributed by atoms with van der Waals surface area (Å²) < 4.78 is 11.1. The van der Waals surface area contributed by atoms with Gasteiger partial charge in [0.15, 0.2) is 0 Å². The molecule has 1 aliphatic heterocycles. The number of carbonyl (C=O) groups excluding carboxylic acids is 2. The van der Waals surface area contributed by atoms with E-state index in [1.54, 1.807) is 12.1 Å². The highest BCUT2D eigenvalue weighted by atomic mass is 35.5. The lowest BCUT2D eigenvalue weighted by Gasteiger charge is -2.33. The molecule has 0 spiro atoms. The first kappa shape index (κ1) is 23.4. The van der Waals surface area contributed by atoms with Crippen LogP contribution < -0.4 is 16.0 Å². The average Bonchev–Trinajstić information content (AvgIpc) is 3.23. The molecule has 2 aromatic rings. The molecule has 1 fully saturated rings. The van der Waals surface area contributed by atoms with Crippen molar-refractivity contribution in [3.8, 4) is 0 Å². The number of hydrogen-bond donors (Lipinski definition) is 3. The normalized spacial score (nSPS) is 16.7. The van der Waals surface area contributed by atoms with Crippen LogP contribution in [0.4, 0.5) is 4.79 Å². The number of benzene rings is 1. The van der Waals surface area contributed by atoms with Crippen molar-refractivity contribution in [3.63, 3.8) is 0 Å². The molecule has 10 heteroatoms. The van der Waals surface area contributed by atoms with E-state index >= 15 is 0 Å². The molecule has 3 amide bonds. The molecule has 0 radical (unpaired) electrons. The van der Waals surface area contributed by atoms with Crippen molar-refractivity contribution in [3.05, 3.63) is 57.5 Å². The van der Waals surface area contributed by atoms with Crippen LogP contribution in [0, 0.1) is 0 Å². The van der Waals surface area contributed by atoms with Gasteiger partial charge in [-0.25, -0.2) is 4.79 Å². The van der Waals surface area contributed by atoms with E-state index in [4.69, 9.17) is 32.4 Å². The van der Waals surface area contributed by atoms with Gasteiger partial charge in [0.05, 0.1) is 34.9 Å². The molecule has 1 saturated heterocycles. The molecule has 1 atom stereocenters. The summed E-state index contributed by atoms with van der Waals surface area (Å²) in [4.78, 5) is 26.1. The molecule has 0 bridgehead atoms. The smallest absolute Gasteiger partial charge is 0.315 e. The molecule has 1 aromatic heterocycles. The highest BCUT2D eigenvalue weighted by molar-refractivity contribution is 6.42. The van der Waals surface area contributed by atoms with Crippen molar-refractivity contribution in [2.75, 3.05) is 32.8 Å². The Labute approximate surface area is 191 Å². The minimum atomic E-state index is -0.332. The molecule has 1 aromatic carbocycles. The Morgan fingerprint density at radius 3 is 2.77 bits per heavy atom. The van der Waals surface area contributed by atoms with Crippen LogP contribution in [0.15, 0.2) is 34.9 Å². The summed E-state index contributed by atoms with van der Waals surface area (Å²) in [7, 11) is 0. The molecule has 31 heavy (non-hydrogen) atoms. The molecule has 1 aliphatic rings. The molecular formula is C21H26Cl2N4O4. The first-order chi connectivity index (χ1) is 14.9. The minimum Gasteiger partial charge on any atom is -0.467 e. The molecule has 2 heterocycles. The van der Waals surface area contributed by atoms with Crippen molar-refractivity contribution >= 4 is 35.1 Å². The van der Waals surface area contributed by atoms with E-state index in [1.807, 2.05) is 19.1 Å². The van der Waals surface area contributed by atoms with Gasteiger partial charge in [0.2, 0.25) is 0 Å². The van der Waals surface area contributed by atoms with Gasteiger partial charge in [-0.1, -0.05) is 29.3 Å². The van der Waals surface area contributed by atoms with E-state index in [1.165, 1.54) is 6.26 Å². The molecular weight excluding hydrogens is 443 g/mol. The summed E-state index contributed by atoms with van der Waals surface area (Å²) in [6.07, 6.45) is 1.26. The fourth-order valence-electron chi connectivity index (χ4n) is 3.24. The number of ether oxygens (including phenoxy) is 1. The van der Waals surface area contributed by atoms with E-state index in [9.17, 15) is 9.59 Å². The second-order valence-corrected chi connectivity index (χ2v) is 8.02. The van der Waals surface area contributed by atoms with Gasteiger partial charge < -0.3 is 25.1 Å². The zero-order valence-corrected chi connectivity index (χ0v) is 18.8. The van der Waals surface area contributed by atoms with E-state index in [2.05, 4.69) is 20.9 Å². The third-order valence-electron chi connectivity index (χ3n) is 4.78. The van der Waals surface area contributed by atoms with Crippen LogP contribution in [-0.2, 0) is 17.8 Å². The maximum Gasteiger partial charge on any atom is 0.315 e. The van der Waals surface area contributed by atoms with Gasteiger partial charge in [-0.3, -0.25) is 9.69 Å². The fourth-order valence-corrected chi connectivity index (χ4v) is 3.56. The van der Waals surface area contributed by atoms with Crippen LogP contribution in [0.25, 0.3) is 0 Å². The monoisotopic (exact) mass is 468 g/mol. The van der Waals surface area contributed by atoms with Crippen molar-refractivity contribution in [1.82, 2.24) is 20.9 Å². The summed E-state index contributed by atoms with van der Waals surface area (Å²) in [5.74, 6) is 0.292. The van der Waals surface area contributed by atoms with Crippen molar-refractivity contribution in [1.29, 1.82) is 0 Å². The van der Waals surface area contributed by atoms with Gasteiger partial charge in [-0.15, -0.1) is 0 Å². The number of morpholine rings is 1. The average molecular weight is 469 g/mol. The summed E-state index contributed by atoms with van der Waals surface area (Å²) in [6, 6.07) is 6.89. The Bertz CT molecular complexity index is 905. The van der Waals surface area contributed by atoms with Crippen molar-refractivity contribution in [2.24, 2.45) is 0 Å². The Morgan fingerprint density at radius 1 is 1.16 bits per heavy atom. The second-order valence-electron chi connectivity index (χ2n) is 7.20. The standard InChI is InChI=1S/C21H26Cl2N4O4/c1-2-24-20(28)15-8-16(31-13-15)9-25-21(29)26-10-17-12-27(5-6-30-17)11-14-3-4-18(22)19(23)7-14/h3-4,7-8,13,17H,2,5-6,9-12H2,1H3,(H,24,28)(H2,25,26,29)/t17-/m0/s1. The van der Waals surface area contributed by atoms with Crippen LogP contribution in [0.2, 0.25) is 10.0 Å². The quantitative estimate of drug-likeness (QED) is 0.553. The van der Waals surface area contributed by atoms with Gasteiger partial charge in [-0.05, 0) is 30.7 Å². The van der Waals surface area contributed by atoms with Crippen LogP contribution >= 0.6 is 23.2 Å². The molecule has 3 N–H and O–H groups in total. The maximum atomic E-state index is 12.1. The summed E-state index contributed by atoms with van der Waals surface area (Å²) in [5.41, 5.74) is 1.50. The summed E-state index contributed by atoms with van der Waals surface area (Å²) >= 11 is 12.1. The number of urea groups is 1. The van der Waals surface area contributed by atoms with E-state index < -0.39 is 0 Å². The number of hydrogen-bond acceptors (Lipinski definition) is 5. The largest absolute Gasteiger partial charge is 0.467 e. The molecule has 0 saturated carbocycles. The van der Waals surface area contributed by atoms with Gasteiger partial charge in [0.1, 0.15) is 12.0 Å². The summed E-state index contributed by atoms with van der Waals surface area (Å²) in [6.45, 7) is 5.75. The van der Waals surface area contributed by atoms with Crippen molar-refractivity contribution in [2.45, 2.75) is 26.1 Å². The van der Waals surface area contributed by atoms with E-state index in [-0.39, 0.29) is 24.6 Å². The number of halogens is 2. The van der Waals surface area contributed by atoms with E-state index in [0.29, 0.717) is 47.6 Å². The van der Waals surface area contributed by atoms with Gasteiger partial charge in [-0.2, -0.15) is 0 Å². The fraction of sp³-hybridized carbons (Fsp3) is 0.429. The van der Waals surface area contributed by atoms with E-state index in [0.717, 1.165) is 18.7 Å². The Balaban J connectivity index is 1.39. The number of amides is 3. The Kier molecular flexibility index (Phi) is 8.60. The lowest BCUT2D eigenvalue weighted by molar-refractivity contribution is -0.0287. The minimum absolute atomic E-state index is 0.116. The SMILES string of the molecule is CCNC(=O)c1coc(CNC(=O)NC[C@H]2CN(Cc3ccc(Cl)c(Cl)c3)CCO2)c1. The number of furan rings is 1. The highest BCUT2D eigenvalue weighted by Crippen LogP contribution is 2.23. The number of carbonyl (C=O) groups is 2.